The van der Waals surface area contributed by atoms with Gasteiger partial charge in [-0.25, -0.2) is 0 Å². The summed E-state index contributed by atoms with van der Waals surface area (Å²) < 4.78 is 10.3. The number of nitrogen functional groups attached to an aromatic ring is 1. The van der Waals surface area contributed by atoms with Crippen LogP contribution in [-0.2, 0) is 9.47 Å². The van der Waals surface area contributed by atoms with Gasteiger partial charge in [-0.15, -0.1) is 0 Å². The van der Waals surface area contributed by atoms with E-state index in [0.29, 0.717) is 9.52 Å². The standard InChI is InChI=1S/C13H22N2O2Si/c1-10-5-6-11(9-12(10)14)15-7-4-8-18-13(16-2)17-3/h5-6,9,13,15H,4,7-8,14H2,1-3H3. The predicted octanol–water partition coefficient (Wildman–Crippen LogP) is 2.08. The highest BCUT2D eigenvalue weighted by atomic mass is 28.2. The van der Waals surface area contributed by atoms with Crippen molar-refractivity contribution in [3.05, 3.63) is 23.8 Å². The topological polar surface area (TPSA) is 56.5 Å². The molecule has 3 N–H and O–H groups in total. The number of rotatable bonds is 8. The number of benzene rings is 1. The van der Waals surface area contributed by atoms with Crippen LogP contribution in [-0.4, -0.2) is 36.2 Å². The van der Waals surface area contributed by atoms with Crippen molar-refractivity contribution in [1.29, 1.82) is 0 Å². The average Bonchev–Trinajstić information content (AvgIpc) is 2.38. The number of hydrogen-bond donors (Lipinski definition) is 2. The minimum absolute atomic E-state index is 0.0555. The lowest BCUT2D eigenvalue weighted by molar-refractivity contribution is -0.0441. The highest BCUT2D eigenvalue weighted by Crippen LogP contribution is 2.16. The fourth-order valence-electron chi connectivity index (χ4n) is 1.55. The average molecular weight is 266 g/mol. The van der Waals surface area contributed by atoms with E-state index in [1.807, 2.05) is 19.1 Å². The Morgan fingerprint density at radius 1 is 1.33 bits per heavy atom. The fourth-order valence-corrected chi connectivity index (χ4v) is 2.50. The minimum atomic E-state index is -0.0555. The lowest BCUT2D eigenvalue weighted by Gasteiger charge is -2.12. The van der Waals surface area contributed by atoms with E-state index < -0.39 is 0 Å². The number of ether oxygens (including phenoxy) is 2. The van der Waals surface area contributed by atoms with Crippen LogP contribution in [0.4, 0.5) is 11.4 Å². The molecule has 0 amide bonds. The summed E-state index contributed by atoms with van der Waals surface area (Å²) in [6.45, 7) is 2.95. The molecule has 1 aromatic rings. The van der Waals surface area contributed by atoms with Crippen LogP contribution < -0.4 is 11.1 Å². The molecule has 0 spiro atoms. The molecule has 0 unspecified atom stereocenters. The van der Waals surface area contributed by atoms with E-state index in [0.717, 1.165) is 35.9 Å². The third kappa shape index (κ3) is 5.08. The van der Waals surface area contributed by atoms with Gasteiger partial charge in [0.25, 0.3) is 0 Å². The van der Waals surface area contributed by atoms with Gasteiger partial charge in [0.15, 0.2) is 0 Å². The van der Waals surface area contributed by atoms with Crippen molar-refractivity contribution in [2.24, 2.45) is 0 Å². The van der Waals surface area contributed by atoms with E-state index in [1.54, 1.807) is 14.2 Å². The number of hydrogen-bond acceptors (Lipinski definition) is 4. The van der Waals surface area contributed by atoms with Crippen LogP contribution in [0.3, 0.4) is 0 Å². The van der Waals surface area contributed by atoms with Crippen LogP contribution in [0, 0.1) is 6.92 Å². The SMILES string of the molecule is COC(OC)[Si]CCCNc1ccc(C)c(N)c1. The summed E-state index contributed by atoms with van der Waals surface area (Å²) in [5.74, 6) is -0.0555. The summed E-state index contributed by atoms with van der Waals surface area (Å²) in [6.07, 6.45) is 1.09. The first kappa shape index (κ1) is 15.0. The van der Waals surface area contributed by atoms with Gasteiger partial charge in [0.2, 0.25) is 0 Å². The summed E-state index contributed by atoms with van der Waals surface area (Å²) in [7, 11) is 4.03. The molecule has 100 valence electrons. The number of methoxy groups -OCH3 is 2. The molecule has 0 fully saturated rings. The maximum Gasteiger partial charge on any atom is 0.136 e. The summed E-state index contributed by atoms with van der Waals surface area (Å²) in [6, 6.07) is 7.16. The minimum Gasteiger partial charge on any atom is -0.398 e. The van der Waals surface area contributed by atoms with Gasteiger partial charge >= 0.3 is 0 Å². The zero-order chi connectivity index (χ0) is 13.4. The largest absolute Gasteiger partial charge is 0.398 e. The molecular formula is C13H22N2O2Si. The van der Waals surface area contributed by atoms with Crippen LogP contribution in [0.5, 0.6) is 0 Å². The van der Waals surface area contributed by atoms with Crippen LogP contribution in [0.1, 0.15) is 12.0 Å². The van der Waals surface area contributed by atoms with Crippen molar-refractivity contribution in [2.45, 2.75) is 25.3 Å². The monoisotopic (exact) mass is 266 g/mol. The number of nitrogens with two attached hydrogens (primary N) is 1. The van der Waals surface area contributed by atoms with Gasteiger partial charge < -0.3 is 20.5 Å². The second-order valence-corrected chi connectivity index (χ2v) is 5.49. The number of anilines is 2. The molecule has 18 heavy (non-hydrogen) atoms. The van der Waals surface area contributed by atoms with E-state index in [2.05, 4.69) is 11.4 Å². The molecule has 0 atom stereocenters. The predicted molar refractivity (Wildman–Crippen MR) is 77.1 cm³/mol. The van der Waals surface area contributed by atoms with Crippen molar-refractivity contribution in [3.8, 4) is 0 Å². The second kappa shape index (κ2) is 8.13. The first-order chi connectivity index (χ1) is 8.67. The molecule has 0 aromatic heterocycles. The number of aryl methyl sites for hydroxylation is 1. The van der Waals surface area contributed by atoms with Crippen LogP contribution in [0.25, 0.3) is 0 Å². The van der Waals surface area contributed by atoms with Crippen molar-refractivity contribution < 1.29 is 9.47 Å². The van der Waals surface area contributed by atoms with Crippen molar-refractivity contribution in [3.63, 3.8) is 0 Å². The molecule has 5 heteroatoms. The van der Waals surface area contributed by atoms with Crippen molar-refractivity contribution in [1.82, 2.24) is 0 Å². The van der Waals surface area contributed by atoms with E-state index in [-0.39, 0.29) is 5.91 Å². The van der Waals surface area contributed by atoms with Gasteiger partial charge in [0.05, 0.1) is 0 Å². The lowest BCUT2D eigenvalue weighted by Crippen LogP contribution is -2.21. The first-order valence-corrected chi connectivity index (χ1v) is 7.34. The summed E-state index contributed by atoms with van der Waals surface area (Å²) in [5.41, 5.74) is 8.88. The van der Waals surface area contributed by atoms with Gasteiger partial charge in [0, 0.05) is 32.1 Å². The zero-order valence-electron chi connectivity index (χ0n) is 11.3. The first-order valence-electron chi connectivity index (χ1n) is 6.06. The Bertz CT molecular complexity index is 357. The van der Waals surface area contributed by atoms with Gasteiger partial charge in [0.1, 0.15) is 15.4 Å². The molecular weight excluding hydrogens is 244 g/mol. The zero-order valence-corrected chi connectivity index (χ0v) is 12.3. The molecule has 2 radical (unpaired) electrons. The second-order valence-electron chi connectivity index (χ2n) is 4.11. The van der Waals surface area contributed by atoms with Crippen LogP contribution in [0.2, 0.25) is 6.04 Å². The molecule has 0 bridgehead atoms. The van der Waals surface area contributed by atoms with Gasteiger partial charge in [-0.1, -0.05) is 12.1 Å². The highest BCUT2D eigenvalue weighted by molar-refractivity contribution is 6.36. The highest BCUT2D eigenvalue weighted by Gasteiger charge is 2.05. The molecule has 0 heterocycles. The maximum absolute atomic E-state index is 5.86. The Morgan fingerprint density at radius 2 is 2.06 bits per heavy atom. The third-order valence-corrected chi connectivity index (χ3v) is 4.15. The van der Waals surface area contributed by atoms with Gasteiger partial charge in [-0.3, -0.25) is 0 Å². The van der Waals surface area contributed by atoms with Crippen LogP contribution >= 0.6 is 0 Å². The van der Waals surface area contributed by atoms with E-state index in [4.69, 9.17) is 15.2 Å². The van der Waals surface area contributed by atoms with Gasteiger partial charge in [-0.2, -0.15) is 0 Å². The molecule has 0 aliphatic rings. The number of nitrogens with one attached hydrogen (secondary N) is 1. The van der Waals surface area contributed by atoms with Gasteiger partial charge in [-0.05, 0) is 31.0 Å². The third-order valence-electron chi connectivity index (χ3n) is 2.70. The van der Waals surface area contributed by atoms with Crippen molar-refractivity contribution in [2.75, 3.05) is 31.8 Å². The molecule has 0 aliphatic carbocycles. The molecule has 1 aromatic carbocycles. The Hall–Kier alpha value is -1.04. The Labute approximate surface area is 112 Å². The Balaban J connectivity index is 2.19. The lowest BCUT2D eigenvalue weighted by atomic mass is 10.2. The van der Waals surface area contributed by atoms with E-state index in [9.17, 15) is 0 Å². The quantitative estimate of drug-likeness (QED) is 0.327. The summed E-state index contributed by atoms with van der Waals surface area (Å²) in [5, 5.41) is 3.37. The summed E-state index contributed by atoms with van der Waals surface area (Å²) >= 11 is 0. The van der Waals surface area contributed by atoms with Crippen LogP contribution in [0.15, 0.2) is 18.2 Å². The normalized spacial score (nSPS) is 10.9. The molecule has 0 aliphatic heterocycles. The molecule has 1 rings (SSSR count). The Morgan fingerprint density at radius 3 is 2.67 bits per heavy atom. The fraction of sp³-hybridized carbons (Fsp3) is 0.538. The van der Waals surface area contributed by atoms with Crippen molar-refractivity contribution >= 4 is 20.9 Å². The molecule has 4 nitrogen and oxygen atoms in total. The Kier molecular flexibility index (Phi) is 6.78. The van der Waals surface area contributed by atoms with E-state index >= 15 is 0 Å². The molecule has 0 saturated heterocycles. The summed E-state index contributed by atoms with van der Waals surface area (Å²) in [4.78, 5) is 0. The smallest absolute Gasteiger partial charge is 0.136 e. The van der Waals surface area contributed by atoms with E-state index in [1.165, 1.54) is 0 Å². The molecule has 0 saturated carbocycles. The maximum atomic E-state index is 5.86.